The Hall–Kier alpha value is 0.390. The highest BCUT2D eigenvalue weighted by atomic mass is 127. The molecular formula is C10H9BrI2N2OS. The van der Waals surface area contributed by atoms with E-state index in [1.54, 1.807) is 0 Å². The van der Waals surface area contributed by atoms with E-state index in [1.165, 1.54) is 11.3 Å². The van der Waals surface area contributed by atoms with Crippen LogP contribution in [-0.4, -0.2) is 5.11 Å². The van der Waals surface area contributed by atoms with Crippen molar-refractivity contribution in [2.24, 2.45) is 0 Å². The van der Waals surface area contributed by atoms with Gasteiger partial charge in [0.15, 0.2) is 0 Å². The molecule has 1 aromatic carbocycles. The first-order valence-electron chi connectivity index (χ1n) is 4.45. The average Bonchev–Trinajstić information content (AvgIpc) is 2.51. The quantitative estimate of drug-likeness (QED) is 0.504. The van der Waals surface area contributed by atoms with Crippen LogP contribution in [0.3, 0.4) is 0 Å². The zero-order chi connectivity index (χ0) is 11.9. The maximum absolute atomic E-state index is 10.0. The molecule has 92 valence electrons. The van der Waals surface area contributed by atoms with E-state index in [9.17, 15) is 5.11 Å². The van der Waals surface area contributed by atoms with E-state index in [1.807, 2.05) is 19.1 Å². The van der Waals surface area contributed by atoms with Gasteiger partial charge < -0.3 is 22.1 Å². The van der Waals surface area contributed by atoms with Crippen LogP contribution >= 0.6 is 56.5 Å². The van der Waals surface area contributed by atoms with E-state index < -0.39 is 0 Å². The number of aromatic hydroxyl groups is 1. The lowest BCUT2D eigenvalue weighted by Gasteiger charge is -2.04. The summed E-state index contributed by atoms with van der Waals surface area (Å²) in [5.41, 5.74) is 7.43. The molecule has 7 heteroatoms. The number of aromatic amines is 1. The number of nitrogens with two attached hydrogens (primary N) is 1. The maximum atomic E-state index is 10.0. The molecule has 0 amide bonds. The fraction of sp³-hybridized carbons (Fsp3) is 0.100. The number of benzene rings is 1. The first-order chi connectivity index (χ1) is 7.49. The van der Waals surface area contributed by atoms with Gasteiger partial charge in [-0.1, -0.05) is 11.3 Å². The first kappa shape index (κ1) is 15.4. The number of halogens is 3. The number of aromatic nitrogens is 1. The summed E-state index contributed by atoms with van der Waals surface area (Å²) in [5.74, 6) is 0.304. The molecule has 0 bridgehead atoms. The number of phenols is 1. The van der Waals surface area contributed by atoms with Crippen LogP contribution in [0.2, 0.25) is 0 Å². The predicted octanol–water partition coefficient (Wildman–Crippen LogP) is 0.0386. The minimum absolute atomic E-state index is 0. The van der Waals surface area contributed by atoms with Gasteiger partial charge in [0.1, 0.15) is 11.4 Å². The van der Waals surface area contributed by atoms with Crippen molar-refractivity contribution in [3.05, 3.63) is 24.2 Å². The van der Waals surface area contributed by atoms with Gasteiger partial charge in [0.05, 0.1) is 14.0 Å². The Balaban J connectivity index is 0.00000144. The van der Waals surface area contributed by atoms with E-state index >= 15 is 0 Å². The molecule has 0 spiro atoms. The van der Waals surface area contributed by atoms with Gasteiger partial charge in [-0.05, 0) is 64.2 Å². The second-order valence-corrected chi connectivity index (χ2v) is 6.97. The minimum Gasteiger partial charge on any atom is -1.00 e. The number of hydrogen-bond acceptors (Lipinski definition) is 3. The molecule has 4 N–H and O–H groups in total. The Bertz CT molecular complexity index is 559. The number of nitrogen functional groups attached to an aromatic ring is 1. The van der Waals surface area contributed by atoms with Crippen molar-refractivity contribution in [3.8, 4) is 17.0 Å². The van der Waals surface area contributed by atoms with E-state index in [4.69, 9.17) is 5.73 Å². The third kappa shape index (κ3) is 3.24. The number of phenolic OH excluding ortho intramolecular Hbond substituents is 1. The molecule has 0 radical (unpaired) electrons. The van der Waals surface area contributed by atoms with Crippen LogP contribution in [0, 0.1) is 14.1 Å². The Morgan fingerprint density at radius 2 is 2.00 bits per heavy atom. The van der Waals surface area contributed by atoms with Gasteiger partial charge in [-0.3, -0.25) is 5.73 Å². The van der Waals surface area contributed by atoms with Gasteiger partial charge in [-0.25, -0.2) is 4.98 Å². The summed E-state index contributed by atoms with van der Waals surface area (Å²) in [6, 6.07) is 3.88. The summed E-state index contributed by atoms with van der Waals surface area (Å²) in [5, 5.41) is 10.7. The third-order valence-corrected chi connectivity index (χ3v) is 4.44. The van der Waals surface area contributed by atoms with Crippen LogP contribution in [0.4, 0.5) is 5.13 Å². The van der Waals surface area contributed by atoms with Crippen LogP contribution in [0.15, 0.2) is 12.1 Å². The van der Waals surface area contributed by atoms with Crippen molar-refractivity contribution in [1.82, 2.24) is 0 Å². The average molecular weight is 539 g/mol. The third-order valence-electron chi connectivity index (χ3n) is 2.16. The first-order valence-corrected chi connectivity index (χ1v) is 7.43. The van der Waals surface area contributed by atoms with Crippen molar-refractivity contribution in [2.75, 3.05) is 5.73 Å². The number of H-pyrrole nitrogens is 1. The number of hydrogen-bond donors (Lipinski definition) is 2. The normalized spacial score (nSPS) is 10.1. The molecule has 0 unspecified atom stereocenters. The summed E-state index contributed by atoms with van der Waals surface area (Å²) >= 11 is 5.85. The molecule has 1 heterocycles. The largest absolute Gasteiger partial charge is 1.00 e. The van der Waals surface area contributed by atoms with E-state index in [0.29, 0.717) is 10.9 Å². The number of rotatable bonds is 1. The number of anilines is 1. The van der Waals surface area contributed by atoms with Crippen LogP contribution in [0.25, 0.3) is 11.3 Å². The minimum atomic E-state index is 0. The molecule has 0 saturated heterocycles. The highest BCUT2D eigenvalue weighted by molar-refractivity contribution is 14.1. The van der Waals surface area contributed by atoms with Gasteiger partial charge >= 0.3 is 5.13 Å². The number of aryl methyl sites for hydroxylation is 1. The molecule has 1 aromatic heterocycles. The van der Waals surface area contributed by atoms with Crippen molar-refractivity contribution < 1.29 is 27.1 Å². The Morgan fingerprint density at radius 1 is 1.35 bits per heavy atom. The van der Waals surface area contributed by atoms with Gasteiger partial charge in [0, 0.05) is 3.57 Å². The summed E-state index contributed by atoms with van der Waals surface area (Å²) in [7, 11) is 0. The lowest BCUT2D eigenvalue weighted by atomic mass is 10.1. The van der Waals surface area contributed by atoms with Crippen molar-refractivity contribution in [1.29, 1.82) is 0 Å². The van der Waals surface area contributed by atoms with Crippen LogP contribution in [0.5, 0.6) is 5.75 Å². The molecule has 17 heavy (non-hydrogen) atoms. The Kier molecular flexibility index (Phi) is 5.47. The smallest absolute Gasteiger partial charge is 0.330 e. The van der Waals surface area contributed by atoms with Gasteiger partial charge in [-0.2, -0.15) is 0 Å². The molecule has 0 fully saturated rings. The van der Waals surface area contributed by atoms with Crippen molar-refractivity contribution >= 4 is 61.7 Å². The summed E-state index contributed by atoms with van der Waals surface area (Å²) in [6.45, 7) is 1.99. The monoisotopic (exact) mass is 538 g/mol. The van der Waals surface area contributed by atoms with E-state index in [2.05, 4.69) is 50.2 Å². The molecule has 2 rings (SSSR count). The maximum Gasteiger partial charge on any atom is 0.330 e. The molecule has 0 aliphatic carbocycles. The zero-order valence-electron chi connectivity index (χ0n) is 8.72. The van der Waals surface area contributed by atoms with Gasteiger partial charge in [0.25, 0.3) is 0 Å². The molecule has 0 atom stereocenters. The number of nitrogens with one attached hydrogen (secondary N) is 1. The van der Waals surface area contributed by atoms with Gasteiger partial charge in [0.2, 0.25) is 0 Å². The molecule has 0 aliphatic heterocycles. The molecule has 3 nitrogen and oxygen atoms in total. The zero-order valence-corrected chi connectivity index (χ0v) is 15.4. The molecule has 0 aliphatic rings. The summed E-state index contributed by atoms with van der Waals surface area (Å²) in [6.07, 6.45) is 0. The number of thiazole rings is 1. The van der Waals surface area contributed by atoms with Crippen LogP contribution in [-0.2, 0) is 0 Å². The van der Waals surface area contributed by atoms with E-state index in [0.717, 1.165) is 23.3 Å². The molecular weight excluding hydrogens is 530 g/mol. The fourth-order valence-electron chi connectivity index (χ4n) is 1.47. The topological polar surface area (TPSA) is 60.4 Å². The van der Waals surface area contributed by atoms with Crippen molar-refractivity contribution in [2.45, 2.75) is 6.92 Å². The fourth-order valence-corrected chi connectivity index (χ4v) is 4.06. The summed E-state index contributed by atoms with van der Waals surface area (Å²) < 4.78 is 1.93. The highest BCUT2D eigenvalue weighted by Gasteiger charge is 2.17. The lowest BCUT2D eigenvalue weighted by molar-refractivity contribution is -0.341. The van der Waals surface area contributed by atoms with Gasteiger partial charge in [-0.15, -0.1) is 0 Å². The second-order valence-electron chi connectivity index (χ2n) is 3.31. The van der Waals surface area contributed by atoms with Crippen LogP contribution < -0.4 is 27.7 Å². The molecule has 0 saturated carbocycles. The van der Waals surface area contributed by atoms with Crippen LogP contribution in [0.1, 0.15) is 4.88 Å². The SMILES string of the molecule is Cc1sc(N)[nH+]c1-c1cc(I)cc(I)c1O.[Br-]. The molecule has 2 aromatic rings. The highest BCUT2D eigenvalue weighted by Crippen LogP contribution is 2.36. The summed E-state index contributed by atoms with van der Waals surface area (Å²) in [4.78, 5) is 4.16. The Labute approximate surface area is 141 Å². The second kappa shape index (κ2) is 6.02. The standard InChI is InChI=1S/C10H8I2N2OS.BrH/c1-4-8(14-10(13)16-4)6-2-5(11)3-7(12)9(6)15;/h2-3,15H,1H3,(H2,13,14);1H. The van der Waals surface area contributed by atoms with Crippen molar-refractivity contribution in [3.63, 3.8) is 0 Å². The predicted molar refractivity (Wildman–Crippen MR) is 82.6 cm³/mol. The lowest BCUT2D eigenvalue weighted by Crippen LogP contribution is -3.00. The Morgan fingerprint density at radius 3 is 2.53 bits per heavy atom. The van der Waals surface area contributed by atoms with E-state index in [-0.39, 0.29) is 17.0 Å².